The summed E-state index contributed by atoms with van der Waals surface area (Å²) >= 11 is 0. The molecule has 0 saturated heterocycles. The summed E-state index contributed by atoms with van der Waals surface area (Å²) in [6.07, 6.45) is 18.0. The van der Waals surface area contributed by atoms with Crippen molar-refractivity contribution in [2.75, 3.05) is 0 Å². The summed E-state index contributed by atoms with van der Waals surface area (Å²) in [5.41, 5.74) is 4.51. The maximum absolute atomic E-state index is 13.9. The third-order valence-corrected chi connectivity index (χ3v) is 9.76. The first-order chi connectivity index (χ1) is 17.9. The van der Waals surface area contributed by atoms with Crippen LogP contribution in [-0.2, 0) is 10.1 Å². The van der Waals surface area contributed by atoms with Crippen molar-refractivity contribution in [2.24, 2.45) is 0 Å². The van der Waals surface area contributed by atoms with Gasteiger partial charge in [-0.15, -0.1) is 0 Å². The fraction of sp³-hybridized carbons (Fsp3) is 0.581. The van der Waals surface area contributed by atoms with E-state index in [9.17, 15) is 17.8 Å². The van der Waals surface area contributed by atoms with Gasteiger partial charge in [0, 0.05) is 0 Å². The molecule has 0 bridgehead atoms. The van der Waals surface area contributed by atoms with Gasteiger partial charge in [-0.2, -0.15) is 0 Å². The average Bonchev–Trinajstić information content (AvgIpc) is 2.93. The van der Waals surface area contributed by atoms with E-state index < -0.39 is 10.1 Å². The zero-order valence-corrected chi connectivity index (χ0v) is 22.6. The average molecular weight is 524 g/mol. The lowest BCUT2D eigenvalue weighted by Gasteiger charge is -2.32. The van der Waals surface area contributed by atoms with E-state index in [-0.39, 0.29) is 16.6 Å². The fourth-order valence-electron chi connectivity index (χ4n) is 6.92. The van der Waals surface area contributed by atoms with Gasteiger partial charge in [-0.25, -0.2) is 13.2 Å². The molecule has 2 aromatic rings. The second-order valence-corrected chi connectivity index (χ2v) is 12.8. The maximum Gasteiger partial charge on any atom is 0.344 e. The summed E-state index contributed by atoms with van der Waals surface area (Å²) < 4.78 is 39.9. The smallest absolute Gasteiger partial charge is 0.344 e. The molecule has 200 valence electrons. The van der Waals surface area contributed by atoms with Crippen molar-refractivity contribution in [1.29, 1.82) is 0 Å². The van der Waals surface area contributed by atoms with Gasteiger partial charge in [0.15, 0.2) is 0 Å². The van der Waals surface area contributed by atoms with Crippen molar-refractivity contribution in [3.63, 3.8) is 0 Å². The van der Waals surface area contributed by atoms with Gasteiger partial charge in [0.05, 0.1) is 10.5 Å². The van der Waals surface area contributed by atoms with Crippen molar-refractivity contribution < 1.29 is 22.5 Å². The Hall–Kier alpha value is -2.18. The number of esters is 1. The predicted molar refractivity (Wildman–Crippen MR) is 143 cm³/mol. The van der Waals surface area contributed by atoms with Crippen LogP contribution in [0.1, 0.15) is 141 Å². The van der Waals surface area contributed by atoms with Crippen molar-refractivity contribution in [3.05, 3.63) is 58.7 Å². The molecule has 0 unspecified atom stereocenters. The lowest BCUT2D eigenvalue weighted by atomic mass is 9.73. The number of ether oxygens (including phenoxy) is 1. The maximum atomic E-state index is 13.9. The molecule has 0 atom stereocenters. The highest BCUT2D eigenvalue weighted by Gasteiger charge is 2.31. The molecule has 0 amide bonds. The minimum atomic E-state index is -4.55. The minimum Gasteiger partial charge on any atom is -0.744 e. The monoisotopic (exact) mass is 523 g/mol. The summed E-state index contributed by atoms with van der Waals surface area (Å²) in [6.45, 7) is 0. The number of benzene rings is 2. The molecule has 3 aliphatic rings. The zero-order valence-electron chi connectivity index (χ0n) is 21.8. The van der Waals surface area contributed by atoms with Crippen LogP contribution in [0.5, 0.6) is 5.75 Å². The van der Waals surface area contributed by atoms with Gasteiger partial charge < -0.3 is 9.29 Å². The molecular weight excluding hydrogens is 484 g/mol. The van der Waals surface area contributed by atoms with Gasteiger partial charge in [0.25, 0.3) is 0 Å². The fourth-order valence-corrected chi connectivity index (χ4v) is 7.39. The van der Waals surface area contributed by atoms with Gasteiger partial charge in [-0.1, -0.05) is 69.9 Å². The Morgan fingerprint density at radius 1 is 0.676 bits per heavy atom. The Balaban J connectivity index is 1.56. The quantitative estimate of drug-likeness (QED) is 0.218. The molecule has 3 saturated carbocycles. The van der Waals surface area contributed by atoms with Gasteiger partial charge in [0.2, 0.25) is 0 Å². The van der Waals surface area contributed by atoms with Crippen molar-refractivity contribution in [3.8, 4) is 5.75 Å². The number of hydrogen-bond donors (Lipinski definition) is 0. The molecule has 0 heterocycles. The van der Waals surface area contributed by atoms with Gasteiger partial charge in [-0.3, -0.25) is 0 Å². The summed E-state index contributed by atoms with van der Waals surface area (Å²) in [4.78, 5) is 13.6. The van der Waals surface area contributed by atoms with Crippen molar-refractivity contribution >= 4 is 16.1 Å². The van der Waals surface area contributed by atoms with E-state index in [1.165, 1.54) is 112 Å². The van der Waals surface area contributed by atoms with Crippen LogP contribution in [0, 0.1) is 0 Å². The van der Waals surface area contributed by atoms with Crippen LogP contribution in [-0.4, -0.2) is 18.9 Å². The molecular formula is C31H39O5S-. The van der Waals surface area contributed by atoms with Crippen LogP contribution in [0.25, 0.3) is 0 Å². The van der Waals surface area contributed by atoms with Crippen molar-refractivity contribution in [2.45, 2.75) is 119 Å². The number of carbonyl (C=O) groups is 1. The van der Waals surface area contributed by atoms with Gasteiger partial charge >= 0.3 is 5.97 Å². The number of hydrogen-bond acceptors (Lipinski definition) is 5. The number of rotatable bonds is 6. The normalized spacial score (nSPS) is 20.6. The van der Waals surface area contributed by atoms with Crippen LogP contribution < -0.4 is 4.74 Å². The van der Waals surface area contributed by atoms with E-state index in [1.807, 2.05) is 0 Å². The van der Waals surface area contributed by atoms with Crippen LogP contribution in [0.15, 0.2) is 41.3 Å². The Labute approximate surface area is 221 Å². The minimum absolute atomic E-state index is 0.262. The Bertz CT molecular complexity index is 1140. The van der Waals surface area contributed by atoms with E-state index in [4.69, 9.17) is 4.74 Å². The lowest BCUT2D eigenvalue weighted by Crippen LogP contribution is -2.21. The first-order valence-corrected chi connectivity index (χ1v) is 15.8. The van der Waals surface area contributed by atoms with E-state index in [1.54, 1.807) is 0 Å². The summed E-state index contributed by atoms with van der Waals surface area (Å²) in [6, 6.07) is 9.92. The first-order valence-electron chi connectivity index (χ1n) is 14.4. The van der Waals surface area contributed by atoms with Crippen LogP contribution in [0.4, 0.5) is 0 Å². The molecule has 0 radical (unpaired) electrons. The number of carbonyl (C=O) groups excluding carboxylic acids is 1. The molecule has 5 nitrogen and oxygen atoms in total. The standard InChI is InChI=1S/C31H40O5S/c32-31(36-26-16-18-27(19-17-26)37(33,34)35)30-28(23-12-6-2-7-13-23)20-25(22-10-4-1-5-11-22)21-29(30)24-14-8-3-9-15-24/h16-24H,1-15H2,(H,33,34,35)/p-1. The summed E-state index contributed by atoms with van der Waals surface area (Å²) in [5, 5.41) is 0. The molecule has 3 aliphatic carbocycles. The molecule has 37 heavy (non-hydrogen) atoms. The largest absolute Gasteiger partial charge is 0.744 e. The van der Waals surface area contributed by atoms with E-state index in [0.29, 0.717) is 17.8 Å². The zero-order chi connectivity index (χ0) is 25.8. The van der Waals surface area contributed by atoms with Crippen LogP contribution in [0.2, 0.25) is 0 Å². The summed E-state index contributed by atoms with van der Waals surface area (Å²) in [5.74, 6) is 1.22. The molecule has 0 aliphatic heterocycles. The third kappa shape index (κ3) is 6.28. The molecule has 2 aromatic carbocycles. The van der Waals surface area contributed by atoms with Crippen LogP contribution in [0.3, 0.4) is 0 Å². The Morgan fingerprint density at radius 2 is 1.11 bits per heavy atom. The Kier molecular flexibility index (Phi) is 8.35. The van der Waals surface area contributed by atoms with E-state index in [0.717, 1.165) is 31.2 Å². The highest BCUT2D eigenvalue weighted by molar-refractivity contribution is 7.85. The Morgan fingerprint density at radius 3 is 1.54 bits per heavy atom. The topological polar surface area (TPSA) is 83.5 Å². The van der Waals surface area contributed by atoms with Crippen LogP contribution >= 0.6 is 0 Å². The third-order valence-electron chi connectivity index (χ3n) is 8.92. The predicted octanol–water partition coefficient (Wildman–Crippen LogP) is 7.95. The molecule has 3 fully saturated rings. The highest BCUT2D eigenvalue weighted by atomic mass is 32.2. The molecule has 0 aromatic heterocycles. The molecule has 0 N–H and O–H groups in total. The molecule has 5 rings (SSSR count). The summed E-state index contributed by atoms with van der Waals surface area (Å²) in [7, 11) is -4.55. The van der Waals surface area contributed by atoms with Gasteiger partial charge in [0.1, 0.15) is 15.9 Å². The van der Waals surface area contributed by atoms with E-state index >= 15 is 0 Å². The van der Waals surface area contributed by atoms with Crippen molar-refractivity contribution in [1.82, 2.24) is 0 Å². The lowest BCUT2D eigenvalue weighted by molar-refractivity contribution is 0.0730. The van der Waals surface area contributed by atoms with Gasteiger partial charge in [-0.05, 0) is 97.2 Å². The highest BCUT2D eigenvalue weighted by Crippen LogP contribution is 2.44. The molecule has 6 heteroatoms. The molecule has 0 spiro atoms. The second-order valence-electron chi connectivity index (χ2n) is 11.4. The van der Waals surface area contributed by atoms with E-state index in [2.05, 4.69) is 12.1 Å². The SMILES string of the molecule is O=C(Oc1ccc(S(=O)(=O)[O-])cc1)c1c(C2CCCCC2)cc(C2CCCCC2)cc1C1CCCCC1. The first kappa shape index (κ1) is 26.4. The second kappa shape index (κ2) is 11.7.